The largest absolute Gasteiger partial charge is 0.460 e. The Bertz CT molecular complexity index is 1120. The average molecular weight is 681 g/mol. The molecule has 1 aromatic rings. The van der Waals surface area contributed by atoms with Gasteiger partial charge in [-0.15, -0.1) is 0 Å². The Kier molecular flexibility index (Phi) is 9.60. The molecule has 1 nitrogen and oxygen atoms in total. The third-order valence-electron chi connectivity index (χ3n) is 5.87. The van der Waals surface area contributed by atoms with Crippen molar-refractivity contribution in [3.8, 4) is 0 Å². The van der Waals surface area contributed by atoms with Gasteiger partial charge in [-0.25, -0.2) is 0 Å². The Balaban J connectivity index is 3.74. The molecule has 0 amide bonds. The van der Waals surface area contributed by atoms with E-state index in [-0.39, 0.29) is 23.7 Å². The fourth-order valence-corrected chi connectivity index (χ4v) is 3.32. The van der Waals surface area contributed by atoms with Crippen molar-refractivity contribution >= 4 is 0 Å². The first-order valence-corrected chi connectivity index (χ1v) is 10.9. The van der Waals surface area contributed by atoms with E-state index in [1.54, 1.807) is 13.8 Å². The van der Waals surface area contributed by atoms with Gasteiger partial charge in [0.25, 0.3) is 0 Å². The molecule has 0 saturated heterocycles. The summed E-state index contributed by atoms with van der Waals surface area (Å²) in [5.41, 5.74) is -2.47. The first-order valence-electron chi connectivity index (χ1n) is 10.9. The minimum atomic E-state index is -9.18. The molecule has 0 spiro atoms. The molecule has 0 aliphatic carbocycles. The van der Waals surface area contributed by atoms with Crippen LogP contribution >= 0.6 is 0 Å². The lowest BCUT2D eigenvalue weighted by atomic mass is 9.85. The molecule has 0 heterocycles. The van der Waals surface area contributed by atoms with Crippen molar-refractivity contribution < 1.29 is 92.2 Å². The van der Waals surface area contributed by atoms with Crippen molar-refractivity contribution in [3.63, 3.8) is 0 Å². The first kappa shape index (κ1) is 38.7. The van der Waals surface area contributed by atoms with Crippen LogP contribution in [0.3, 0.4) is 0 Å². The summed E-state index contributed by atoms with van der Waals surface area (Å²) in [5.74, 6) is -77.2. The Labute approximate surface area is 226 Å². The standard InChI is InChI=1S/C21H16F21N/c1-8(2)43-9(3)10-4-6-11(7-5-10)12(22,23)13(24,25)14(26,27)15(28,29)16(30,31)17(32,33)18(34,35)19(36,37)20(38,39)21(40,41)42/h4-9,43H,1-3H3. The highest BCUT2D eigenvalue weighted by Gasteiger charge is 2.97. The van der Waals surface area contributed by atoms with Crippen LogP contribution in [0.5, 0.6) is 0 Å². The van der Waals surface area contributed by atoms with E-state index in [9.17, 15) is 92.2 Å². The van der Waals surface area contributed by atoms with E-state index >= 15 is 0 Å². The monoisotopic (exact) mass is 681 g/mol. The third-order valence-corrected chi connectivity index (χ3v) is 5.87. The first-order chi connectivity index (χ1) is 18.6. The van der Waals surface area contributed by atoms with Gasteiger partial charge < -0.3 is 5.32 Å². The van der Waals surface area contributed by atoms with Gasteiger partial charge in [-0.3, -0.25) is 0 Å². The lowest BCUT2D eigenvalue weighted by Crippen LogP contribution is -2.76. The lowest BCUT2D eigenvalue weighted by molar-refractivity contribution is -0.474. The normalized spacial score (nSPS) is 16.6. The smallest absolute Gasteiger partial charge is 0.308 e. The van der Waals surface area contributed by atoms with Crippen molar-refractivity contribution in [2.75, 3.05) is 0 Å². The van der Waals surface area contributed by atoms with E-state index in [4.69, 9.17) is 0 Å². The van der Waals surface area contributed by atoms with Crippen LogP contribution in [0.1, 0.15) is 37.9 Å². The van der Waals surface area contributed by atoms with Gasteiger partial charge in [0.2, 0.25) is 0 Å². The second-order valence-corrected chi connectivity index (χ2v) is 9.33. The predicted octanol–water partition coefficient (Wildman–Crippen LogP) is 9.48. The van der Waals surface area contributed by atoms with Gasteiger partial charge in [0.15, 0.2) is 0 Å². The summed E-state index contributed by atoms with van der Waals surface area (Å²) in [6.45, 7) is 4.45. The van der Waals surface area contributed by atoms with Crippen LogP contribution in [0.15, 0.2) is 24.3 Å². The molecule has 0 saturated carbocycles. The van der Waals surface area contributed by atoms with Crippen LogP contribution < -0.4 is 5.32 Å². The van der Waals surface area contributed by atoms with Crippen LogP contribution in [0, 0.1) is 0 Å². The molecule has 0 fully saturated rings. The number of nitrogens with one attached hydrogen (secondary N) is 1. The molecule has 1 N–H and O–H groups in total. The van der Waals surface area contributed by atoms with Gasteiger partial charge in [-0.1, -0.05) is 38.1 Å². The van der Waals surface area contributed by atoms with E-state index in [1.807, 2.05) is 0 Å². The topological polar surface area (TPSA) is 12.0 Å². The van der Waals surface area contributed by atoms with Gasteiger partial charge in [0.1, 0.15) is 0 Å². The maximum absolute atomic E-state index is 14.4. The minimum Gasteiger partial charge on any atom is -0.308 e. The molecule has 43 heavy (non-hydrogen) atoms. The molecule has 1 aromatic carbocycles. The third kappa shape index (κ3) is 5.35. The fourth-order valence-electron chi connectivity index (χ4n) is 3.32. The van der Waals surface area contributed by atoms with Gasteiger partial charge in [0.05, 0.1) is 0 Å². The maximum atomic E-state index is 14.4. The predicted molar refractivity (Wildman–Crippen MR) is 103 cm³/mol. The quantitative estimate of drug-likeness (QED) is 0.217. The number of rotatable bonds is 12. The van der Waals surface area contributed by atoms with Crippen molar-refractivity contribution in [2.45, 2.75) is 92.3 Å². The van der Waals surface area contributed by atoms with Crippen LogP contribution in [-0.4, -0.2) is 59.6 Å². The van der Waals surface area contributed by atoms with E-state index in [0.717, 1.165) is 0 Å². The summed E-state index contributed by atoms with van der Waals surface area (Å²) >= 11 is 0. The second-order valence-electron chi connectivity index (χ2n) is 9.33. The number of hydrogen-bond acceptors (Lipinski definition) is 1. The summed E-state index contributed by atoms with van der Waals surface area (Å²) in [4.78, 5) is 0. The highest BCUT2D eigenvalue weighted by atomic mass is 19.4. The molecule has 0 bridgehead atoms. The Morgan fingerprint density at radius 3 is 0.977 bits per heavy atom. The molecule has 0 aliphatic heterocycles. The summed E-state index contributed by atoms with van der Waals surface area (Å²) < 4.78 is 284. The van der Waals surface area contributed by atoms with Crippen LogP contribution in [0.25, 0.3) is 0 Å². The van der Waals surface area contributed by atoms with E-state index in [1.165, 1.54) is 6.92 Å². The van der Waals surface area contributed by atoms with Gasteiger partial charge >= 0.3 is 59.5 Å². The van der Waals surface area contributed by atoms with Crippen molar-refractivity contribution in [1.29, 1.82) is 0 Å². The van der Waals surface area contributed by atoms with Crippen LogP contribution in [0.4, 0.5) is 92.2 Å². The van der Waals surface area contributed by atoms with Crippen molar-refractivity contribution in [2.24, 2.45) is 0 Å². The number of benzene rings is 1. The molecule has 22 heteroatoms. The second kappa shape index (κ2) is 10.7. The zero-order chi connectivity index (χ0) is 34.8. The molecule has 0 aliphatic rings. The highest BCUT2D eigenvalue weighted by molar-refractivity contribution is 5.31. The Morgan fingerprint density at radius 1 is 0.419 bits per heavy atom. The minimum absolute atomic E-state index is 0.0707. The molecule has 0 aromatic heterocycles. The van der Waals surface area contributed by atoms with Crippen LogP contribution in [-0.2, 0) is 5.92 Å². The Morgan fingerprint density at radius 2 is 0.698 bits per heavy atom. The molecular formula is C21H16F21N. The summed E-state index contributed by atoms with van der Waals surface area (Å²) in [6, 6.07) is -0.440. The molecule has 1 unspecified atom stereocenters. The van der Waals surface area contributed by atoms with Crippen molar-refractivity contribution in [1.82, 2.24) is 5.32 Å². The van der Waals surface area contributed by atoms with E-state index < -0.39 is 71.1 Å². The Hall–Kier alpha value is -2.29. The number of alkyl halides is 21. The summed E-state index contributed by atoms with van der Waals surface area (Å²) in [6.07, 6.45) is -8.01. The summed E-state index contributed by atoms with van der Waals surface area (Å²) in [5, 5.41) is 2.73. The molecule has 1 atom stereocenters. The zero-order valence-electron chi connectivity index (χ0n) is 20.9. The summed E-state index contributed by atoms with van der Waals surface area (Å²) in [7, 11) is 0. The zero-order valence-corrected chi connectivity index (χ0v) is 20.9. The average Bonchev–Trinajstić information content (AvgIpc) is 2.81. The molecule has 0 radical (unpaired) electrons. The van der Waals surface area contributed by atoms with Gasteiger partial charge in [-0.05, 0) is 12.5 Å². The molecular weight excluding hydrogens is 665 g/mol. The SMILES string of the molecule is CC(C)NC(C)c1ccc(C(F)(F)C(F)(F)C(F)(F)C(F)(F)C(F)(F)C(F)(F)C(F)(F)C(F)(F)C(F)(F)C(F)(F)F)cc1. The van der Waals surface area contributed by atoms with Gasteiger partial charge in [0, 0.05) is 17.6 Å². The molecule has 1 rings (SSSR count). The van der Waals surface area contributed by atoms with Crippen LogP contribution in [0.2, 0.25) is 0 Å². The van der Waals surface area contributed by atoms with E-state index in [2.05, 4.69) is 5.32 Å². The molecule has 252 valence electrons. The van der Waals surface area contributed by atoms with E-state index in [0.29, 0.717) is 12.1 Å². The number of halogens is 21. The highest BCUT2D eigenvalue weighted by Crippen LogP contribution is 2.66. The lowest BCUT2D eigenvalue weighted by Gasteiger charge is -2.44. The maximum Gasteiger partial charge on any atom is 0.460 e. The van der Waals surface area contributed by atoms with Gasteiger partial charge in [-0.2, -0.15) is 92.2 Å². The fraction of sp³-hybridized carbons (Fsp3) is 0.714. The number of hydrogen-bond donors (Lipinski definition) is 1. The van der Waals surface area contributed by atoms with Crippen molar-refractivity contribution in [3.05, 3.63) is 35.4 Å².